The second kappa shape index (κ2) is 44.9. The summed E-state index contributed by atoms with van der Waals surface area (Å²) in [4.78, 5) is 54.4. The standard InChI is InChI=1S/C23H25N5O2S.C23H24N4O3.C22H19F3N4O3.C21H21N5O2.C18H14IN5/c1-4-12-25-31(29,30)21-8-6-5-7-20(21)28-13-11-18-15-24-23(27-22(18)28)26-19-14-16(2)9-10-17(19)3;1-14-8-15(2)10-18(9-14)27-7-6-16-13-24-23(26-22(16)27)25-17-11-19(28-3)21(30-5)20(12-17)29-4;1-30-17-10-15(11-18(31-2)19(17)32-3)27-21-26-12-13-7-8-29(20(13)28-21)16-6-4-5-14(9-16)22(23,24)25;1-13-5-6-19(22-11-13)26-8-7-15-12-23-21(25-20(15)26)24-16-10-18(28-4)17(27-3)9-14(16)2;1-12-5-6-14(19)10-15(12)22-18-21-11-13-7-9-24(17(13)23-18)16-4-2-3-8-20-16/h5-11,13-15,25H,4,12H2,1-3H3,(H,24,26,27);6-13H,1-5H3,(H,24,25,26);4-12H,1-3H3,(H,26,27,28);5-12H,1-4H3,(H,23,24,25);2-11H,1H3,(H,21,22,23). The van der Waals surface area contributed by atoms with Gasteiger partial charge in [-0.2, -0.15) is 38.1 Å². The Hall–Kier alpha value is -17.0. The number of pyridine rings is 2. The third-order valence-corrected chi connectivity index (χ3v) is 25.2. The predicted molar refractivity (Wildman–Crippen MR) is 567 cm³/mol. The van der Waals surface area contributed by atoms with Crippen LogP contribution in [0.2, 0.25) is 0 Å². The number of hydrogen-bond acceptors (Lipinski definition) is 27. The molecule has 0 aliphatic carbocycles. The molecule has 12 aromatic heterocycles. The van der Waals surface area contributed by atoms with E-state index < -0.39 is 21.8 Å². The number of aromatic nitrogens is 17. The van der Waals surface area contributed by atoms with Crippen LogP contribution in [0.3, 0.4) is 0 Å². The van der Waals surface area contributed by atoms with Crippen molar-refractivity contribution in [2.75, 3.05) is 90.0 Å². The third-order valence-electron chi connectivity index (χ3n) is 23.0. The highest BCUT2D eigenvalue weighted by molar-refractivity contribution is 14.1. The van der Waals surface area contributed by atoms with Gasteiger partial charge in [-0.1, -0.05) is 61.5 Å². The van der Waals surface area contributed by atoms with Gasteiger partial charge in [0.1, 0.15) is 33.5 Å². The smallest absolute Gasteiger partial charge is 0.416 e. The molecular formula is C107H103F3IN23O10S. The van der Waals surface area contributed by atoms with Crippen molar-refractivity contribution in [3.63, 3.8) is 0 Å². The number of anilines is 10. The molecule has 38 heteroatoms. The Morgan fingerprint density at radius 2 is 0.766 bits per heavy atom. The molecule has 740 valence electrons. The largest absolute Gasteiger partial charge is 0.493 e. The van der Waals surface area contributed by atoms with Gasteiger partial charge in [0, 0.05) is 182 Å². The molecule has 20 aromatic rings. The fourth-order valence-electron chi connectivity index (χ4n) is 15.7. The number of benzene rings is 8. The van der Waals surface area contributed by atoms with Crippen molar-refractivity contribution in [3.8, 4) is 74.7 Å². The number of alkyl halides is 3. The molecule has 145 heavy (non-hydrogen) atoms. The van der Waals surface area contributed by atoms with E-state index in [0.717, 1.165) is 119 Å². The molecule has 0 aliphatic rings. The van der Waals surface area contributed by atoms with Crippen LogP contribution in [0.25, 0.3) is 83.9 Å². The summed E-state index contributed by atoms with van der Waals surface area (Å²) in [6, 6.07) is 61.0. The lowest BCUT2D eigenvalue weighted by Crippen LogP contribution is -2.25. The summed E-state index contributed by atoms with van der Waals surface area (Å²) in [7, 11) is 8.85. The highest BCUT2D eigenvalue weighted by Crippen LogP contribution is 2.44. The predicted octanol–water partition coefficient (Wildman–Crippen LogP) is 23.1. The van der Waals surface area contributed by atoms with Crippen LogP contribution in [0, 0.1) is 52.0 Å². The Morgan fingerprint density at radius 1 is 0.345 bits per heavy atom. The van der Waals surface area contributed by atoms with E-state index >= 15 is 0 Å². The Labute approximate surface area is 847 Å². The normalized spacial score (nSPS) is 11.2. The van der Waals surface area contributed by atoms with Crippen molar-refractivity contribution in [1.29, 1.82) is 0 Å². The van der Waals surface area contributed by atoms with E-state index in [-0.39, 0.29) is 10.8 Å². The SMILES string of the molecule is CCCNS(=O)(=O)c1ccccc1-n1ccc2cnc(Nc3cc(C)ccc3C)nc21.COc1cc(C)c(Nc2ncc3ccn(-c4ccc(C)cn4)c3n2)cc1OC.COc1cc(Nc2ncc3ccn(-c4cc(C)cc(C)c4)c3n2)cc(OC)c1OC.COc1cc(Nc2ncc3ccn(-c4cccc(C(F)(F)F)c4)c3n2)cc(OC)c1OC.Cc1ccc(I)cc1Nc1ncc2ccn(-c3ccccn3)c2n1. The van der Waals surface area contributed by atoms with Crippen LogP contribution >= 0.6 is 22.6 Å². The first kappa shape index (κ1) is 101. The average molecular weight is 2090 g/mol. The molecule has 0 radical (unpaired) electrons. The molecule has 0 amide bonds. The summed E-state index contributed by atoms with van der Waals surface area (Å²) in [6.45, 7) is 16.6. The molecule has 0 aliphatic heterocycles. The fourth-order valence-corrected chi connectivity index (χ4v) is 17.6. The number of nitrogens with one attached hydrogen (secondary N) is 6. The molecule has 0 bridgehead atoms. The Balaban J connectivity index is 0.000000130. The fraction of sp³-hybridized carbons (Fsp3) is 0.178. The molecule has 12 heterocycles. The van der Waals surface area contributed by atoms with Gasteiger partial charge in [-0.15, -0.1) is 0 Å². The molecule has 0 unspecified atom stereocenters. The number of para-hydroxylation sites is 1. The highest BCUT2D eigenvalue weighted by atomic mass is 127. The van der Waals surface area contributed by atoms with Crippen LogP contribution in [0.5, 0.6) is 46.0 Å². The van der Waals surface area contributed by atoms with E-state index in [1.165, 1.54) is 42.1 Å². The number of fused-ring (bicyclic) bond motifs is 5. The lowest BCUT2D eigenvalue weighted by Gasteiger charge is -2.14. The van der Waals surface area contributed by atoms with Crippen LogP contribution in [0.1, 0.15) is 57.9 Å². The van der Waals surface area contributed by atoms with Crippen molar-refractivity contribution < 1.29 is 59.5 Å². The van der Waals surface area contributed by atoms with Crippen LogP contribution < -0.4 is 69.2 Å². The highest BCUT2D eigenvalue weighted by Gasteiger charge is 2.31. The minimum absolute atomic E-state index is 0.212. The number of nitrogens with zero attached hydrogens (tertiary/aromatic N) is 17. The molecule has 0 saturated heterocycles. The summed E-state index contributed by atoms with van der Waals surface area (Å²) in [5.74, 6) is 8.19. The topological polar surface area (TPSA) is 359 Å². The van der Waals surface area contributed by atoms with E-state index in [9.17, 15) is 21.6 Å². The van der Waals surface area contributed by atoms with E-state index in [4.69, 9.17) is 47.9 Å². The van der Waals surface area contributed by atoms with Gasteiger partial charge in [0.25, 0.3) is 0 Å². The van der Waals surface area contributed by atoms with Gasteiger partial charge in [0.05, 0.1) is 68.1 Å². The van der Waals surface area contributed by atoms with Gasteiger partial charge in [-0.25, -0.2) is 48.0 Å². The van der Waals surface area contributed by atoms with Gasteiger partial charge in [-0.3, -0.25) is 13.7 Å². The van der Waals surface area contributed by atoms with Gasteiger partial charge >= 0.3 is 6.18 Å². The molecule has 0 spiro atoms. The van der Waals surface area contributed by atoms with E-state index in [1.807, 2.05) is 184 Å². The van der Waals surface area contributed by atoms with Crippen molar-refractivity contribution in [2.24, 2.45) is 0 Å². The van der Waals surface area contributed by atoms with Crippen LogP contribution in [-0.2, 0) is 16.2 Å². The number of sulfonamides is 1. The van der Waals surface area contributed by atoms with E-state index in [1.54, 1.807) is 118 Å². The second-order valence-corrected chi connectivity index (χ2v) is 36.2. The first-order chi connectivity index (χ1) is 70.0. The molecular weight excluding hydrogens is 1980 g/mol. The van der Waals surface area contributed by atoms with Crippen molar-refractivity contribution in [2.45, 2.75) is 72.9 Å². The number of rotatable bonds is 27. The number of hydrogen-bond donors (Lipinski definition) is 6. The van der Waals surface area contributed by atoms with E-state index in [2.05, 4.69) is 172 Å². The van der Waals surface area contributed by atoms with E-state index in [0.29, 0.717) is 116 Å². The number of aryl methyl sites for hydroxylation is 7. The molecule has 0 saturated carbocycles. The Morgan fingerprint density at radius 3 is 1.23 bits per heavy atom. The summed E-state index contributed by atoms with van der Waals surface area (Å²) in [6.07, 6.45) is 18.0. The third kappa shape index (κ3) is 23.4. The maximum atomic E-state index is 13.1. The van der Waals surface area contributed by atoms with Gasteiger partial charge < -0.3 is 73.6 Å². The van der Waals surface area contributed by atoms with Crippen molar-refractivity contribution >= 4 is 146 Å². The maximum absolute atomic E-state index is 13.1. The van der Waals surface area contributed by atoms with Crippen LogP contribution in [0.15, 0.2) is 279 Å². The van der Waals surface area contributed by atoms with Gasteiger partial charge in [-0.05, 0) is 232 Å². The lowest BCUT2D eigenvalue weighted by atomic mass is 10.1. The van der Waals surface area contributed by atoms with Crippen molar-refractivity contribution in [3.05, 3.63) is 323 Å². The average Bonchev–Trinajstić information content (AvgIpc) is 1.65. The van der Waals surface area contributed by atoms with Gasteiger partial charge in [0.15, 0.2) is 45.8 Å². The molecule has 6 N–H and O–H groups in total. The second-order valence-electron chi connectivity index (χ2n) is 33.2. The zero-order valence-electron chi connectivity index (χ0n) is 82.0. The Kier molecular flexibility index (Phi) is 31.2. The van der Waals surface area contributed by atoms with Crippen LogP contribution in [-0.4, -0.2) is 154 Å². The minimum atomic E-state index is -4.44. The monoisotopic (exact) mass is 2090 g/mol. The first-order valence-corrected chi connectivity index (χ1v) is 48.0. The Bertz CT molecular complexity index is 8120. The zero-order chi connectivity index (χ0) is 102. The number of ether oxygens (including phenoxy) is 8. The lowest BCUT2D eigenvalue weighted by molar-refractivity contribution is -0.137. The molecule has 20 rings (SSSR count). The molecule has 0 fully saturated rings. The summed E-state index contributed by atoms with van der Waals surface area (Å²) < 4.78 is 121. The first-order valence-electron chi connectivity index (χ1n) is 45.5. The maximum Gasteiger partial charge on any atom is 0.416 e. The zero-order valence-corrected chi connectivity index (χ0v) is 85.0. The number of halogens is 4. The summed E-state index contributed by atoms with van der Waals surface area (Å²) in [5, 5.41) is 20.6. The molecule has 0 atom stereocenters. The van der Waals surface area contributed by atoms with Crippen molar-refractivity contribution in [1.82, 2.24) is 87.4 Å². The van der Waals surface area contributed by atoms with Gasteiger partial charge in [0.2, 0.25) is 51.3 Å². The van der Waals surface area contributed by atoms with Crippen LogP contribution in [0.4, 0.5) is 71.3 Å². The molecule has 8 aromatic carbocycles. The summed E-state index contributed by atoms with van der Waals surface area (Å²) in [5.41, 5.74) is 16.7. The quantitative estimate of drug-likeness (QED) is 0.0260. The minimum Gasteiger partial charge on any atom is -0.493 e. The summed E-state index contributed by atoms with van der Waals surface area (Å²) >= 11 is 2.30. The number of methoxy groups -OCH3 is 8. The molecule has 33 nitrogen and oxygen atoms in total.